The third kappa shape index (κ3) is 5.33. The molecule has 0 unspecified atom stereocenters. The van der Waals surface area contributed by atoms with Crippen LogP contribution < -0.4 is 5.32 Å². The molecule has 2 aliphatic heterocycles. The lowest BCUT2D eigenvalue weighted by Gasteiger charge is -2.31. The van der Waals surface area contributed by atoms with Crippen LogP contribution in [-0.2, 0) is 14.3 Å². The van der Waals surface area contributed by atoms with Crippen LogP contribution in [0.2, 0.25) is 0 Å². The number of rotatable bonds is 6. The SMILES string of the molecule is O=C(CN1CCC(C(=O)c2ccc(F)cc2)CC1)NC[C@@H]1COCCO1. The zero-order valence-electron chi connectivity index (χ0n) is 14.8. The number of benzene rings is 1. The molecule has 2 heterocycles. The van der Waals surface area contributed by atoms with Crippen molar-refractivity contribution >= 4 is 11.7 Å². The Labute approximate surface area is 152 Å². The predicted molar refractivity (Wildman–Crippen MR) is 93.5 cm³/mol. The van der Waals surface area contributed by atoms with Gasteiger partial charge in [0.15, 0.2) is 5.78 Å². The number of likely N-dealkylation sites (tertiary alicyclic amines) is 1. The minimum absolute atomic E-state index is 0.0394. The van der Waals surface area contributed by atoms with Gasteiger partial charge in [0.25, 0.3) is 0 Å². The van der Waals surface area contributed by atoms with E-state index < -0.39 is 0 Å². The molecule has 2 fully saturated rings. The van der Waals surface area contributed by atoms with E-state index in [9.17, 15) is 14.0 Å². The second kappa shape index (κ2) is 9.21. The lowest BCUT2D eigenvalue weighted by molar-refractivity contribution is -0.125. The molecule has 0 bridgehead atoms. The summed E-state index contributed by atoms with van der Waals surface area (Å²) in [4.78, 5) is 26.6. The highest BCUT2D eigenvalue weighted by molar-refractivity contribution is 5.97. The number of nitrogens with one attached hydrogen (secondary N) is 1. The third-order valence-electron chi connectivity index (χ3n) is 4.87. The molecule has 1 aromatic rings. The van der Waals surface area contributed by atoms with Crippen LogP contribution in [0, 0.1) is 11.7 Å². The predicted octanol–water partition coefficient (Wildman–Crippen LogP) is 1.25. The Hall–Kier alpha value is -1.83. The van der Waals surface area contributed by atoms with Gasteiger partial charge in [-0.2, -0.15) is 0 Å². The van der Waals surface area contributed by atoms with E-state index in [0.29, 0.717) is 64.4 Å². The summed E-state index contributed by atoms with van der Waals surface area (Å²) in [5.41, 5.74) is 0.553. The fraction of sp³-hybridized carbons (Fsp3) is 0.579. The summed E-state index contributed by atoms with van der Waals surface area (Å²) in [6, 6.07) is 5.70. The summed E-state index contributed by atoms with van der Waals surface area (Å²) in [6.45, 7) is 3.87. The van der Waals surface area contributed by atoms with E-state index in [2.05, 4.69) is 10.2 Å². The molecular formula is C19H25FN2O4. The van der Waals surface area contributed by atoms with Crippen LogP contribution in [0.1, 0.15) is 23.2 Å². The maximum absolute atomic E-state index is 13.0. The van der Waals surface area contributed by atoms with Crippen LogP contribution in [0.15, 0.2) is 24.3 Å². The monoisotopic (exact) mass is 364 g/mol. The van der Waals surface area contributed by atoms with Gasteiger partial charge in [-0.15, -0.1) is 0 Å². The minimum Gasteiger partial charge on any atom is -0.376 e. The number of piperidine rings is 1. The van der Waals surface area contributed by atoms with Gasteiger partial charge in [0.1, 0.15) is 5.82 Å². The van der Waals surface area contributed by atoms with Crippen LogP contribution in [-0.4, -0.2) is 68.7 Å². The van der Waals surface area contributed by atoms with E-state index in [1.165, 1.54) is 24.3 Å². The van der Waals surface area contributed by atoms with Crippen LogP contribution >= 0.6 is 0 Å². The fourth-order valence-electron chi connectivity index (χ4n) is 3.34. The Morgan fingerprint density at radius 3 is 2.54 bits per heavy atom. The lowest BCUT2D eigenvalue weighted by Crippen LogP contribution is -2.45. The number of ketones is 1. The molecule has 26 heavy (non-hydrogen) atoms. The first-order chi connectivity index (χ1) is 12.6. The van der Waals surface area contributed by atoms with Crippen molar-refractivity contribution in [2.45, 2.75) is 18.9 Å². The largest absolute Gasteiger partial charge is 0.376 e. The van der Waals surface area contributed by atoms with E-state index in [-0.39, 0.29) is 29.5 Å². The first-order valence-electron chi connectivity index (χ1n) is 9.10. The number of carbonyl (C=O) groups excluding carboxylic acids is 2. The molecule has 1 amide bonds. The molecule has 0 spiro atoms. The van der Waals surface area contributed by atoms with Gasteiger partial charge in [0.05, 0.1) is 32.5 Å². The van der Waals surface area contributed by atoms with Crippen LogP contribution in [0.5, 0.6) is 0 Å². The number of carbonyl (C=O) groups is 2. The van der Waals surface area contributed by atoms with Gasteiger partial charge >= 0.3 is 0 Å². The molecular weight excluding hydrogens is 339 g/mol. The number of hydrogen-bond acceptors (Lipinski definition) is 5. The van der Waals surface area contributed by atoms with Crippen molar-refractivity contribution in [3.05, 3.63) is 35.6 Å². The van der Waals surface area contributed by atoms with Crippen LogP contribution in [0.25, 0.3) is 0 Å². The number of hydrogen-bond donors (Lipinski definition) is 1. The van der Waals surface area contributed by atoms with E-state index in [4.69, 9.17) is 9.47 Å². The normalized spacial score (nSPS) is 22.1. The molecule has 7 heteroatoms. The quantitative estimate of drug-likeness (QED) is 0.770. The summed E-state index contributed by atoms with van der Waals surface area (Å²) >= 11 is 0. The molecule has 1 atom stereocenters. The van der Waals surface area contributed by atoms with Gasteiger partial charge < -0.3 is 14.8 Å². The highest BCUT2D eigenvalue weighted by atomic mass is 19.1. The van der Waals surface area contributed by atoms with E-state index in [1.54, 1.807) is 0 Å². The van der Waals surface area contributed by atoms with Crippen molar-refractivity contribution in [1.29, 1.82) is 0 Å². The smallest absolute Gasteiger partial charge is 0.234 e. The molecule has 0 saturated carbocycles. The molecule has 0 aromatic heterocycles. The molecule has 0 aliphatic carbocycles. The van der Waals surface area contributed by atoms with E-state index in [0.717, 1.165) is 0 Å². The third-order valence-corrected chi connectivity index (χ3v) is 4.87. The summed E-state index contributed by atoms with van der Waals surface area (Å²) < 4.78 is 23.8. The molecule has 2 saturated heterocycles. The minimum atomic E-state index is -0.340. The highest BCUT2D eigenvalue weighted by Gasteiger charge is 2.26. The summed E-state index contributed by atoms with van der Waals surface area (Å²) in [7, 11) is 0. The van der Waals surface area contributed by atoms with Gasteiger partial charge in [-0.3, -0.25) is 14.5 Å². The number of halogens is 1. The van der Waals surface area contributed by atoms with Crippen molar-refractivity contribution in [2.24, 2.45) is 5.92 Å². The first kappa shape index (κ1) is 18.9. The molecule has 3 rings (SSSR count). The summed E-state index contributed by atoms with van der Waals surface area (Å²) in [5, 5.41) is 2.88. The van der Waals surface area contributed by atoms with Crippen molar-refractivity contribution in [3.63, 3.8) is 0 Å². The Morgan fingerprint density at radius 2 is 1.88 bits per heavy atom. The Kier molecular flexibility index (Phi) is 6.71. The fourth-order valence-corrected chi connectivity index (χ4v) is 3.34. The lowest BCUT2D eigenvalue weighted by atomic mass is 9.89. The van der Waals surface area contributed by atoms with Crippen molar-refractivity contribution in [1.82, 2.24) is 10.2 Å². The maximum atomic E-state index is 13.0. The van der Waals surface area contributed by atoms with Gasteiger partial charge in [0, 0.05) is 18.0 Å². The van der Waals surface area contributed by atoms with Crippen molar-refractivity contribution in [2.75, 3.05) is 46.0 Å². The average Bonchev–Trinajstić information content (AvgIpc) is 2.68. The summed E-state index contributed by atoms with van der Waals surface area (Å²) in [5.74, 6) is -0.383. The Bertz CT molecular complexity index is 608. The zero-order chi connectivity index (χ0) is 18.4. The number of nitrogens with zero attached hydrogens (tertiary/aromatic N) is 1. The van der Waals surface area contributed by atoms with Gasteiger partial charge in [-0.05, 0) is 50.2 Å². The second-order valence-corrected chi connectivity index (χ2v) is 6.79. The zero-order valence-corrected chi connectivity index (χ0v) is 14.8. The van der Waals surface area contributed by atoms with Crippen LogP contribution in [0.4, 0.5) is 4.39 Å². The van der Waals surface area contributed by atoms with E-state index in [1.807, 2.05) is 0 Å². The topological polar surface area (TPSA) is 67.9 Å². The van der Waals surface area contributed by atoms with Gasteiger partial charge in [-0.1, -0.05) is 0 Å². The first-order valence-corrected chi connectivity index (χ1v) is 9.10. The molecule has 1 N–H and O–H groups in total. The van der Waals surface area contributed by atoms with Crippen molar-refractivity contribution < 1.29 is 23.5 Å². The molecule has 2 aliphatic rings. The number of ether oxygens (including phenoxy) is 2. The molecule has 1 aromatic carbocycles. The number of Topliss-reactive ketones (excluding diaryl/α,β-unsaturated/α-hetero) is 1. The molecule has 142 valence electrons. The van der Waals surface area contributed by atoms with Crippen molar-refractivity contribution in [3.8, 4) is 0 Å². The van der Waals surface area contributed by atoms with Gasteiger partial charge in [0.2, 0.25) is 5.91 Å². The standard InChI is InChI=1S/C19H25FN2O4/c20-16-3-1-14(2-4-16)19(24)15-5-7-22(8-6-15)12-18(23)21-11-17-13-25-9-10-26-17/h1-4,15,17H,5-13H2,(H,21,23)/t17-/m1/s1. The number of amides is 1. The average molecular weight is 364 g/mol. The van der Waals surface area contributed by atoms with Crippen LogP contribution in [0.3, 0.4) is 0 Å². The second-order valence-electron chi connectivity index (χ2n) is 6.79. The van der Waals surface area contributed by atoms with Gasteiger partial charge in [-0.25, -0.2) is 4.39 Å². The Morgan fingerprint density at radius 1 is 1.15 bits per heavy atom. The molecule has 6 nitrogen and oxygen atoms in total. The maximum Gasteiger partial charge on any atom is 0.234 e. The Balaban J connectivity index is 1.38. The molecule has 0 radical (unpaired) electrons. The summed E-state index contributed by atoms with van der Waals surface area (Å²) in [6.07, 6.45) is 1.35. The highest BCUT2D eigenvalue weighted by Crippen LogP contribution is 2.21. The van der Waals surface area contributed by atoms with E-state index >= 15 is 0 Å².